The third-order valence-electron chi connectivity index (χ3n) is 5.83. The fourth-order valence-corrected chi connectivity index (χ4v) is 4.13. The Hall–Kier alpha value is -2.82. The number of hydrogen-bond acceptors (Lipinski definition) is 4. The fourth-order valence-electron chi connectivity index (χ4n) is 4.13. The SMILES string of the molecule is O=C(c1cc(NCCC2=CCCCC2)ccn1)N1CCN(c2ccccc2)CC1. The summed E-state index contributed by atoms with van der Waals surface area (Å²) in [4.78, 5) is 21.5. The van der Waals surface area contributed by atoms with Crippen molar-refractivity contribution in [1.29, 1.82) is 0 Å². The molecule has 1 aromatic carbocycles. The summed E-state index contributed by atoms with van der Waals surface area (Å²) < 4.78 is 0. The second-order valence-corrected chi connectivity index (χ2v) is 7.83. The van der Waals surface area contributed by atoms with E-state index in [-0.39, 0.29) is 5.91 Å². The molecule has 152 valence electrons. The highest BCUT2D eigenvalue weighted by Gasteiger charge is 2.23. The highest BCUT2D eigenvalue weighted by atomic mass is 16.2. The van der Waals surface area contributed by atoms with Gasteiger partial charge in [-0.05, 0) is 56.4 Å². The summed E-state index contributed by atoms with van der Waals surface area (Å²) in [6, 6.07) is 14.2. The molecule has 0 radical (unpaired) electrons. The number of allylic oxidation sites excluding steroid dienone is 1. The van der Waals surface area contributed by atoms with Gasteiger partial charge in [0.15, 0.2) is 0 Å². The number of nitrogens with one attached hydrogen (secondary N) is 1. The smallest absolute Gasteiger partial charge is 0.272 e. The minimum Gasteiger partial charge on any atom is -0.385 e. The highest BCUT2D eigenvalue weighted by molar-refractivity contribution is 5.93. The Morgan fingerprint density at radius 1 is 1.03 bits per heavy atom. The van der Waals surface area contributed by atoms with Gasteiger partial charge < -0.3 is 15.1 Å². The number of nitrogens with zero attached hydrogens (tertiary/aromatic N) is 3. The largest absolute Gasteiger partial charge is 0.385 e. The average Bonchev–Trinajstić information content (AvgIpc) is 2.80. The number of carbonyl (C=O) groups excluding carboxylic acids is 1. The molecule has 0 atom stereocenters. The van der Waals surface area contributed by atoms with Gasteiger partial charge in [-0.3, -0.25) is 9.78 Å². The van der Waals surface area contributed by atoms with Crippen molar-refractivity contribution in [1.82, 2.24) is 9.88 Å². The van der Waals surface area contributed by atoms with E-state index in [4.69, 9.17) is 0 Å². The van der Waals surface area contributed by atoms with Gasteiger partial charge in [0.2, 0.25) is 0 Å². The fraction of sp³-hybridized carbons (Fsp3) is 0.417. The Balaban J connectivity index is 1.30. The van der Waals surface area contributed by atoms with Gasteiger partial charge in [0.05, 0.1) is 0 Å². The van der Waals surface area contributed by atoms with Crippen molar-refractivity contribution in [3.8, 4) is 0 Å². The lowest BCUT2D eigenvalue weighted by Gasteiger charge is -2.36. The minimum atomic E-state index is 0.0244. The summed E-state index contributed by atoms with van der Waals surface area (Å²) in [6.07, 6.45) is 10.3. The molecule has 1 saturated heterocycles. The maximum Gasteiger partial charge on any atom is 0.272 e. The lowest BCUT2D eigenvalue weighted by atomic mass is 9.97. The van der Waals surface area contributed by atoms with E-state index in [9.17, 15) is 4.79 Å². The average molecular weight is 391 g/mol. The van der Waals surface area contributed by atoms with Gasteiger partial charge >= 0.3 is 0 Å². The number of hydrogen-bond donors (Lipinski definition) is 1. The number of carbonyl (C=O) groups is 1. The molecule has 2 heterocycles. The van der Waals surface area contributed by atoms with Crippen molar-refractivity contribution in [3.05, 3.63) is 66.0 Å². The maximum atomic E-state index is 12.9. The topological polar surface area (TPSA) is 48.5 Å². The van der Waals surface area contributed by atoms with Crippen LogP contribution in [0.15, 0.2) is 60.3 Å². The molecule has 1 N–H and O–H groups in total. The van der Waals surface area contributed by atoms with Crippen molar-refractivity contribution < 1.29 is 4.79 Å². The van der Waals surface area contributed by atoms with Gasteiger partial charge in [-0.1, -0.05) is 29.8 Å². The summed E-state index contributed by atoms with van der Waals surface area (Å²) in [5.41, 5.74) is 4.28. The molecular weight excluding hydrogens is 360 g/mol. The molecule has 0 saturated carbocycles. The molecule has 0 spiro atoms. The van der Waals surface area contributed by atoms with Gasteiger partial charge in [-0.25, -0.2) is 0 Å². The Bertz CT molecular complexity index is 841. The predicted octanol–water partition coefficient (Wildman–Crippen LogP) is 4.35. The maximum absolute atomic E-state index is 12.9. The van der Waals surface area contributed by atoms with Gasteiger partial charge in [-0.2, -0.15) is 0 Å². The van der Waals surface area contributed by atoms with Crippen LogP contribution in [0.3, 0.4) is 0 Å². The lowest BCUT2D eigenvalue weighted by Crippen LogP contribution is -2.49. The normalized spacial score (nSPS) is 17.0. The summed E-state index contributed by atoms with van der Waals surface area (Å²) in [6.45, 7) is 4.05. The second kappa shape index (κ2) is 9.59. The van der Waals surface area contributed by atoms with Crippen molar-refractivity contribution in [2.24, 2.45) is 0 Å². The van der Waals surface area contributed by atoms with Gasteiger partial charge in [-0.15, -0.1) is 0 Å². The van der Waals surface area contributed by atoms with E-state index in [1.54, 1.807) is 11.8 Å². The lowest BCUT2D eigenvalue weighted by molar-refractivity contribution is 0.0741. The summed E-state index contributed by atoms with van der Waals surface area (Å²) in [7, 11) is 0. The Labute approximate surface area is 173 Å². The zero-order valence-electron chi connectivity index (χ0n) is 17.0. The summed E-state index contributed by atoms with van der Waals surface area (Å²) in [5, 5.41) is 3.46. The van der Waals surface area contributed by atoms with Crippen LogP contribution >= 0.6 is 0 Å². The Morgan fingerprint density at radius 2 is 1.86 bits per heavy atom. The van der Waals surface area contributed by atoms with Gasteiger partial charge in [0.25, 0.3) is 5.91 Å². The number of pyridine rings is 1. The van der Waals surface area contributed by atoms with Crippen molar-refractivity contribution >= 4 is 17.3 Å². The predicted molar refractivity (Wildman–Crippen MR) is 118 cm³/mol. The molecule has 1 amide bonds. The van der Waals surface area contributed by atoms with E-state index in [0.29, 0.717) is 5.69 Å². The van der Waals surface area contributed by atoms with Crippen molar-refractivity contribution in [2.75, 3.05) is 42.9 Å². The molecule has 5 heteroatoms. The van der Waals surface area contributed by atoms with Crippen molar-refractivity contribution in [3.63, 3.8) is 0 Å². The second-order valence-electron chi connectivity index (χ2n) is 7.83. The molecule has 2 aliphatic rings. The van der Waals surface area contributed by atoms with Crippen LogP contribution in [0, 0.1) is 0 Å². The summed E-state index contributed by atoms with van der Waals surface area (Å²) >= 11 is 0. The molecule has 1 aliphatic heterocycles. The van der Waals surface area contributed by atoms with Crippen LogP contribution in [0.4, 0.5) is 11.4 Å². The molecule has 0 bridgehead atoms. The van der Waals surface area contributed by atoms with E-state index < -0.39 is 0 Å². The molecule has 4 rings (SSSR count). The molecular formula is C24H30N4O. The van der Waals surface area contributed by atoms with Crippen LogP contribution in [0.2, 0.25) is 0 Å². The molecule has 1 aliphatic carbocycles. The number of anilines is 2. The number of rotatable bonds is 6. The van der Waals surface area contributed by atoms with Crippen LogP contribution in [-0.4, -0.2) is 48.5 Å². The van der Waals surface area contributed by atoms with Crippen LogP contribution in [-0.2, 0) is 0 Å². The highest BCUT2D eigenvalue weighted by Crippen LogP contribution is 2.21. The van der Waals surface area contributed by atoms with Crippen LogP contribution in [0.25, 0.3) is 0 Å². The number of amides is 1. The first kappa shape index (κ1) is 19.5. The third-order valence-corrected chi connectivity index (χ3v) is 5.83. The van der Waals surface area contributed by atoms with Crippen molar-refractivity contribution in [2.45, 2.75) is 32.1 Å². The first-order valence-electron chi connectivity index (χ1n) is 10.8. The van der Waals surface area contributed by atoms with E-state index >= 15 is 0 Å². The quantitative estimate of drug-likeness (QED) is 0.745. The van der Waals surface area contributed by atoms with Crippen LogP contribution < -0.4 is 10.2 Å². The van der Waals surface area contributed by atoms with E-state index in [2.05, 4.69) is 45.5 Å². The molecule has 29 heavy (non-hydrogen) atoms. The molecule has 2 aromatic rings. The Morgan fingerprint density at radius 3 is 2.62 bits per heavy atom. The number of benzene rings is 1. The molecule has 5 nitrogen and oxygen atoms in total. The van der Waals surface area contributed by atoms with E-state index in [1.807, 2.05) is 23.1 Å². The minimum absolute atomic E-state index is 0.0244. The molecule has 0 unspecified atom stereocenters. The van der Waals surface area contributed by atoms with Gasteiger partial charge in [0, 0.05) is 50.3 Å². The van der Waals surface area contributed by atoms with Crippen LogP contribution in [0.1, 0.15) is 42.6 Å². The Kier molecular flexibility index (Phi) is 6.45. The van der Waals surface area contributed by atoms with Crippen LogP contribution in [0.5, 0.6) is 0 Å². The zero-order chi connectivity index (χ0) is 19.9. The standard InChI is InChI=1S/C24H30N4O/c29-24(28-17-15-27(16-18-28)22-9-5-2-6-10-22)23-19-21(12-14-26-23)25-13-11-20-7-3-1-4-8-20/h2,5-7,9-10,12,14,19H,1,3-4,8,11,13,15-18H2,(H,25,26). The number of piperazine rings is 1. The van der Waals surface area contributed by atoms with E-state index in [0.717, 1.165) is 44.8 Å². The first-order valence-corrected chi connectivity index (χ1v) is 10.8. The zero-order valence-corrected chi connectivity index (χ0v) is 17.0. The molecule has 1 fully saturated rings. The first-order chi connectivity index (χ1) is 14.3. The summed E-state index contributed by atoms with van der Waals surface area (Å²) in [5.74, 6) is 0.0244. The van der Waals surface area contributed by atoms with Gasteiger partial charge in [0.1, 0.15) is 5.69 Å². The number of para-hydroxylation sites is 1. The number of aromatic nitrogens is 1. The monoisotopic (exact) mass is 390 g/mol. The third kappa shape index (κ3) is 5.17. The van der Waals surface area contributed by atoms with E-state index in [1.165, 1.54) is 31.4 Å². The molecule has 1 aromatic heterocycles.